The third-order valence-corrected chi connectivity index (χ3v) is 2.34. The van der Waals surface area contributed by atoms with E-state index in [1.54, 1.807) is 7.11 Å². The quantitative estimate of drug-likeness (QED) is 0.601. The highest BCUT2D eigenvalue weighted by molar-refractivity contribution is 7.75. The lowest BCUT2D eigenvalue weighted by Gasteiger charge is -2.05. The van der Waals surface area contributed by atoms with E-state index in [9.17, 15) is 0 Å². The maximum absolute atomic E-state index is 5.14. The summed E-state index contributed by atoms with van der Waals surface area (Å²) >= 11 is 3.80. The molecule has 2 rings (SSSR count). The van der Waals surface area contributed by atoms with Crippen molar-refractivity contribution in [1.29, 1.82) is 0 Å². The Morgan fingerprint density at radius 3 is 2.71 bits per heavy atom. The molecule has 72 valence electrons. The number of fused-ring (bicyclic) bond motifs is 1. The normalized spacial score (nSPS) is 10.1. The number of benzene rings is 2. The molecule has 0 fully saturated rings. The molecule has 14 heavy (non-hydrogen) atoms. The highest BCUT2D eigenvalue weighted by atomic mass is 32.1. The molecule has 0 amide bonds. The monoisotopic (exact) mass is 206 g/mol. The van der Waals surface area contributed by atoms with E-state index in [1.807, 2.05) is 36.4 Å². The van der Waals surface area contributed by atoms with Gasteiger partial charge in [-0.15, -0.1) is 0 Å². The molecule has 0 N–H and O–H groups in total. The first-order valence-electron chi connectivity index (χ1n) is 4.23. The summed E-state index contributed by atoms with van der Waals surface area (Å²) in [4.78, 5) is 0. The summed E-state index contributed by atoms with van der Waals surface area (Å²) in [5.41, 5.74) is 0. The van der Waals surface area contributed by atoms with Crippen molar-refractivity contribution in [2.75, 3.05) is 7.11 Å². The van der Waals surface area contributed by atoms with Crippen molar-refractivity contribution < 1.29 is 8.92 Å². The van der Waals surface area contributed by atoms with Gasteiger partial charge in [0.25, 0.3) is 0 Å². The molecule has 0 saturated heterocycles. The summed E-state index contributed by atoms with van der Waals surface area (Å²) in [5.74, 6) is 1.60. The third-order valence-electron chi connectivity index (χ3n) is 2.15. The fourth-order valence-electron chi connectivity index (χ4n) is 1.44. The second-order valence-electron chi connectivity index (χ2n) is 2.93. The standard InChI is InChI=1S/C11H10O2S/c1-12-9-5-6-10-8(7-9)3-2-4-11(10)13-14/h2-7,14H,1H3. The molecule has 2 aromatic rings. The lowest BCUT2D eigenvalue weighted by Crippen LogP contribution is -1.83. The molecule has 0 aliphatic rings. The summed E-state index contributed by atoms with van der Waals surface area (Å²) < 4.78 is 10.1. The van der Waals surface area contributed by atoms with Crippen LogP contribution in [0.5, 0.6) is 11.5 Å². The zero-order valence-electron chi connectivity index (χ0n) is 7.73. The maximum Gasteiger partial charge on any atom is 0.144 e. The Morgan fingerprint density at radius 1 is 1.14 bits per heavy atom. The first-order valence-corrected chi connectivity index (χ1v) is 4.60. The van der Waals surface area contributed by atoms with Crippen molar-refractivity contribution in [2.45, 2.75) is 0 Å². The Hall–Kier alpha value is -1.35. The average Bonchev–Trinajstić information content (AvgIpc) is 2.27. The molecule has 0 radical (unpaired) electrons. The van der Waals surface area contributed by atoms with Crippen LogP contribution in [0.15, 0.2) is 36.4 Å². The van der Waals surface area contributed by atoms with Gasteiger partial charge in [0.2, 0.25) is 0 Å². The smallest absolute Gasteiger partial charge is 0.144 e. The van der Waals surface area contributed by atoms with Crippen LogP contribution < -0.4 is 8.92 Å². The number of methoxy groups -OCH3 is 1. The van der Waals surface area contributed by atoms with Crippen LogP contribution in [-0.2, 0) is 0 Å². The van der Waals surface area contributed by atoms with Gasteiger partial charge in [-0.2, -0.15) is 0 Å². The molecule has 3 heteroatoms. The van der Waals surface area contributed by atoms with Crippen molar-refractivity contribution in [3.05, 3.63) is 36.4 Å². The number of rotatable bonds is 2. The Labute approximate surface area is 88.1 Å². The van der Waals surface area contributed by atoms with Gasteiger partial charge in [-0.05, 0) is 29.7 Å². The molecule has 2 aromatic carbocycles. The van der Waals surface area contributed by atoms with Gasteiger partial charge < -0.3 is 8.92 Å². The second-order valence-corrected chi connectivity index (χ2v) is 3.12. The van der Waals surface area contributed by atoms with Crippen LogP contribution in [0.25, 0.3) is 10.8 Å². The zero-order valence-corrected chi connectivity index (χ0v) is 8.62. The van der Waals surface area contributed by atoms with Gasteiger partial charge >= 0.3 is 0 Å². The minimum atomic E-state index is 0.758. The lowest BCUT2D eigenvalue weighted by molar-refractivity contribution is 0.415. The van der Waals surface area contributed by atoms with Crippen molar-refractivity contribution in [3.8, 4) is 11.5 Å². The molecule has 0 aliphatic carbocycles. The van der Waals surface area contributed by atoms with Gasteiger partial charge in [-0.3, -0.25) is 0 Å². The fourth-order valence-corrected chi connectivity index (χ4v) is 1.60. The zero-order chi connectivity index (χ0) is 9.97. The van der Waals surface area contributed by atoms with Crippen LogP contribution >= 0.6 is 12.9 Å². The highest BCUT2D eigenvalue weighted by Gasteiger charge is 2.01. The summed E-state index contributed by atoms with van der Waals surface area (Å²) in [6.45, 7) is 0. The topological polar surface area (TPSA) is 18.5 Å². The van der Waals surface area contributed by atoms with Crippen LogP contribution in [0.1, 0.15) is 0 Å². The Morgan fingerprint density at radius 2 is 2.00 bits per heavy atom. The van der Waals surface area contributed by atoms with Crippen LogP contribution in [0.4, 0.5) is 0 Å². The fraction of sp³-hybridized carbons (Fsp3) is 0.0909. The van der Waals surface area contributed by atoms with E-state index in [1.165, 1.54) is 0 Å². The van der Waals surface area contributed by atoms with Crippen LogP contribution in [-0.4, -0.2) is 7.11 Å². The summed E-state index contributed by atoms with van der Waals surface area (Å²) in [5, 5.41) is 2.11. The molecule has 0 heterocycles. The molecule has 0 atom stereocenters. The van der Waals surface area contributed by atoms with Gasteiger partial charge in [0.15, 0.2) is 0 Å². The van der Waals surface area contributed by atoms with Crippen LogP contribution in [0.2, 0.25) is 0 Å². The predicted molar refractivity (Wildman–Crippen MR) is 60.1 cm³/mol. The summed E-state index contributed by atoms with van der Waals surface area (Å²) in [6, 6.07) is 11.6. The second kappa shape index (κ2) is 3.80. The number of thiol groups is 1. The minimum absolute atomic E-state index is 0.758. The van der Waals surface area contributed by atoms with Gasteiger partial charge in [0, 0.05) is 18.3 Å². The van der Waals surface area contributed by atoms with Gasteiger partial charge in [0.1, 0.15) is 11.5 Å². The molecule has 2 nitrogen and oxygen atoms in total. The first-order chi connectivity index (χ1) is 6.85. The summed E-state index contributed by atoms with van der Waals surface area (Å²) in [7, 11) is 1.65. The van der Waals surface area contributed by atoms with Crippen LogP contribution in [0, 0.1) is 0 Å². The van der Waals surface area contributed by atoms with Gasteiger partial charge in [-0.1, -0.05) is 12.1 Å². The Balaban J connectivity index is 2.67. The number of hydrogen-bond acceptors (Lipinski definition) is 3. The van der Waals surface area contributed by atoms with Crippen LogP contribution in [0.3, 0.4) is 0 Å². The van der Waals surface area contributed by atoms with E-state index in [4.69, 9.17) is 8.92 Å². The molecule has 0 aromatic heterocycles. The van der Waals surface area contributed by atoms with Crippen molar-refractivity contribution >= 4 is 23.7 Å². The molecule has 0 unspecified atom stereocenters. The predicted octanol–water partition coefficient (Wildman–Crippen LogP) is 3.07. The van der Waals surface area contributed by atoms with Crippen molar-refractivity contribution in [1.82, 2.24) is 0 Å². The first kappa shape index (κ1) is 9.21. The highest BCUT2D eigenvalue weighted by Crippen LogP contribution is 2.28. The number of hydrogen-bond donors (Lipinski definition) is 1. The molecule has 0 spiro atoms. The Bertz CT molecular complexity index is 454. The minimum Gasteiger partial charge on any atom is -0.497 e. The molecular formula is C11H10O2S. The Kier molecular flexibility index (Phi) is 2.50. The number of ether oxygens (including phenoxy) is 1. The van der Waals surface area contributed by atoms with Gasteiger partial charge in [0.05, 0.1) is 7.11 Å². The summed E-state index contributed by atoms with van der Waals surface area (Å²) in [6.07, 6.45) is 0. The van der Waals surface area contributed by atoms with E-state index < -0.39 is 0 Å². The lowest BCUT2D eigenvalue weighted by atomic mass is 10.1. The van der Waals surface area contributed by atoms with E-state index in [0.29, 0.717) is 0 Å². The molecule has 0 bridgehead atoms. The van der Waals surface area contributed by atoms with E-state index in [-0.39, 0.29) is 0 Å². The van der Waals surface area contributed by atoms with E-state index >= 15 is 0 Å². The molecule has 0 saturated carbocycles. The van der Waals surface area contributed by atoms with Crippen molar-refractivity contribution in [2.24, 2.45) is 0 Å². The average molecular weight is 206 g/mol. The third kappa shape index (κ3) is 1.51. The van der Waals surface area contributed by atoms with E-state index in [2.05, 4.69) is 12.9 Å². The molecule has 0 aliphatic heterocycles. The largest absolute Gasteiger partial charge is 0.497 e. The molecular weight excluding hydrogens is 196 g/mol. The maximum atomic E-state index is 5.14. The van der Waals surface area contributed by atoms with Gasteiger partial charge in [-0.25, -0.2) is 0 Å². The van der Waals surface area contributed by atoms with E-state index in [0.717, 1.165) is 22.3 Å². The SMILES string of the molecule is COc1ccc2c(OS)cccc2c1. The van der Waals surface area contributed by atoms with Crippen molar-refractivity contribution in [3.63, 3.8) is 0 Å².